The maximum absolute atomic E-state index is 13.1. The lowest BCUT2D eigenvalue weighted by Crippen LogP contribution is -2.18. The van der Waals surface area contributed by atoms with Gasteiger partial charge in [0.25, 0.3) is 5.69 Å². The quantitative estimate of drug-likeness (QED) is 0.291. The van der Waals surface area contributed by atoms with Gasteiger partial charge in [-0.1, -0.05) is 23.7 Å². The molecule has 0 N–H and O–H groups in total. The van der Waals surface area contributed by atoms with E-state index < -0.39 is 4.92 Å². The third-order valence-electron chi connectivity index (χ3n) is 4.76. The van der Waals surface area contributed by atoms with Gasteiger partial charge in [0.15, 0.2) is 5.82 Å². The Morgan fingerprint density at radius 1 is 1.19 bits per heavy atom. The highest BCUT2D eigenvalue weighted by Crippen LogP contribution is 2.31. The van der Waals surface area contributed by atoms with Crippen LogP contribution in [0.15, 0.2) is 42.5 Å². The van der Waals surface area contributed by atoms with E-state index in [0.29, 0.717) is 33.4 Å². The second-order valence-electron chi connectivity index (χ2n) is 6.36. The molecule has 0 aliphatic carbocycles. The minimum absolute atomic E-state index is 0.0116. The van der Waals surface area contributed by atoms with Gasteiger partial charge in [-0.05, 0) is 32.0 Å². The van der Waals surface area contributed by atoms with Crippen LogP contribution in [-0.2, 0) is 6.54 Å². The normalized spacial score (nSPS) is 13.1. The Labute approximate surface area is 159 Å². The number of nitrogens with zero attached hydrogens (tertiary/aromatic N) is 4. The molecule has 136 valence electrons. The summed E-state index contributed by atoms with van der Waals surface area (Å²) in [6.07, 6.45) is 0. The van der Waals surface area contributed by atoms with Crippen molar-refractivity contribution >= 4 is 23.0 Å². The average Bonchev–Trinajstić information content (AvgIpc) is 2.83. The van der Waals surface area contributed by atoms with Gasteiger partial charge in [0, 0.05) is 17.8 Å². The van der Waals surface area contributed by atoms with E-state index in [1.54, 1.807) is 30.3 Å². The number of benzene rings is 2. The van der Waals surface area contributed by atoms with Crippen LogP contribution in [0.1, 0.15) is 28.3 Å². The predicted molar refractivity (Wildman–Crippen MR) is 102 cm³/mol. The Morgan fingerprint density at radius 3 is 2.63 bits per heavy atom. The molecule has 2 aromatic carbocycles. The Morgan fingerprint density at radius 2 is 1.93 bits per heavy atom. The summed E-state index contributed by atoms with van der Waals surface area (Å²) in [6.45, 7) is 3.79. The summed E-state index contributed by atoms with van der Waals surface area (Å²) in [7, 11) is 0. The highest BCUT2D eigenvalue weighted by Gasteiger charge is 2.31. The number of hydrogen-bond acceptors (Lipinski definition) is 4. The van der Waals surface area contributed by atoms with Gasteiger partial charge in [0.05, 0.1) is 32.5 Å². The van der Waals surface area contributed by atoms with E-state index in [2.05, 4.69) is 4.98 Å². The lowest BCUT2D eigenvalue weighted by atomic mass is 9.99. The molecule has 1 aliphatic rings. The fraction of sp³-hybridized carbons (Fsp3) is 0.158. The zero-order valence-corrected chi connectivity index (χ0v) is 15.4. The molecule has 0 amide bonds. The van der Waals surface area contributed by atoms with Gasteiger partial charge in [0.1, 0.15) is 0 Å². The molecular formula is C19H15ClN4O3. The first-order valence-electron chi connectivity index (χ1n) is 8.29. The van der Waals surface area contributed by atoms with Crippen LogP contribution in [0.5, 0.6) is 0 Å². The molecule has 0 saturated heterocycles. The fourth-order valence-corrected chi connectivity index (χ4v) is 3.63. The van der Waals surface area contributed by atoms with Crippen molar-refractivity contribution in [2.45, 2.75) is 20.4 Å². The lowest BCUT2D eigenvalue weighted by Gasteiger charge is -2.12. The van der Waals surface area contributed by atoms with E-state index in [1.165, 1.54) is 12.1 Å². The van der Waals surface area contributed by atoms with Crippen LogP contribution in [0.3, 0.4) is 0 Å². The fourth-order valence-electron chi connectivity index (χ4n) is 3.40. The van der Waals surface area contributed by atoms with Gasteiger partial charge >= 0.3 is 0 Å². The minimum atomic E-state index is -0.475. The molecule has 2 heterocycles. The number of non-ortho nitro benzene ring substituents is 1. The minimum Gasteiger partial charge on any atom is -0.623 e. The van der Waals surface area contributed by atoms with Gasteiger partial charge in [-0.15, -0.1) is 0 Å². The SMILES string of the molecule is Cc1nc2n(c1C)-c1ccc([N+](=O)[O-])cc1C(c1ccccc1Cl)=[N+]([O-])C2. The van der Waals surface area contributed by atoms with Gasteiger partial charge in [-0.25, -0.2) is 4.98 Å². The van der Waals surface area contributed by atoms with Crippen LogP contribution in [0, 0.1) is 29.2 Å². The molecule has 1 aromatic heterocycles. The smallest absolute Gasteiger partial charge is 0.270 e. The number of hydrogen-bond donors (Lipinski definition) is 0. The Balaban J connectivity index is 2.10. The molecule has 0 spiro atoms. The third kappa shape index (κ3) is 2.67. The van der Waals surface area contributed by atoms with Gasteiger partial charge in [0.2, 0.25) is 12.3 Å². The first kappa shape index (κ1) is 17.2. The summed E-state index contributed by atoms with van der Waals surface area (Å²) < 4.78 is 2.68. The molecular weight excluding hydrogens is 368 g/mol. The standard InChI is InChI=1S/C19H15ClN4O3/c1-11-12(2)23-17-8-7-13(24(26)27)9-15(17)19(22(25)10-18(23)21-11)14-5-3-4-6-16(14)20/h3-9H,10H2,1-2H3. The third-order valence-corrected chi connectivity index (χ3v) is 5.09. The van der Waals surface area contributed by atoms with Gasteiger partial charge in [-0.2, -0.15) is 4.74 Å². The molecule has 0 fully saturated rings. The number of halogens is 1. The first-order chi connectivity index (χ1) is 12.9. The zero-order valence-electron chi connectivity index (χ0n) is 14.6. The maximum atomic E-state index is 13.1. The van der Waals surface area contributed by atoms with Crippen LogP contribution in [0.2, 0.25) is 5.02 Å². The van der Waals surface area contributed by atoms with Crippen LogP contribution in [0.25, 0.3) is 5.69 Å². The summed E-state index contributed by atoms with van der Waals surface area (Å²) in [5, 5.41) is 24.8. The highest BCUT2D eigenvalue weighted by molar-refractivity contribution is 6.35. The Hall–Kier alpha value is -3.19. The molecule has 1 aliphatic heterocycles. The van der Waals surface area contributed by atoms with Crippen LogP contribution < -0.4 is 0 Å². The summed E-state index contributed by atoms with van der Waals surface area (Å²) in [5.41, 5.74) is 3.54. The molecule has 4 rings (SSSR count). The van der Waals surface area contributed by atoms with E-state index in [1.807, 2.05) is 18.4 Å². The molecule has 0 radical (unpaired) electrons. The second kappa shape index (κ2) is 6.21. The summed E-state index contributed by atoms with van der Waals surface area (Å²) in [5.74, 6) is 0.581. The molecule has 8 heteroatoms. The van der Waals surface area contributed by atoms with Crippen LogP contribution in [-0.4, -0.2) is 24.9 Å². The first-order valence-corrected chi connectivity index (χ1v) is 8.67. The van der Waals surface area contributed by atoms with Gasteiger partial charge in [-0.3, -0.25) is 14.7 Å². The maximum Gasteiger partial charge on any atom is 0.270 e. The van der Waals surface area contributed by atoms with Crippen molar-refractivity contribution in [3.8, 4) is 5.69 Å². The van der Waals surface area contributed by atoms with Crippen molar-refractivity contribution in [1.82, 2.24) is 9.55 Å². The lowest BCUT2D eigenvalue weighted by molar-refractivity contribution is -0.475. The number of aromatic nitrogens is 2. The summed E-state index contributed by atoms with van der Waals surface area (Å²) in [4.78, 5) is 15.4. The van der Waals surface area contributed by atoms with Crippen molar-refractivity contribution in [2.75, 3.05) is 0 Å². The van der Waals surface area contributed by atoms with E-state index in [-0.39, 0.29) is 12.2 Å². The van der Waals surface area contributed by atoms with Crippen molar-refractivity contribution < 1.29 is 9.66 Å². The van der Waals surface area contributed by atoms with Gasteiger partial charge < -0.3 is 5.21 Å². The number of nitro groups is 1. The zero-order chi connectivity index (χ0) is 19.3. The summed E-state index contributed by atoms with van der Waals surface area (Å²) in [6, 6.07) is 11.5. The number of fused-ring (bicyclic) bond motifs is 3. The van der Waals surface area contributed by atoms with E-state index >= 15 is 0 Å². The molecule has 0 saturated carbocycles. The van der Waals surface area contributed by atoms with E-state index in [4.69, 9.17) is 11.6 Å². The van der Waals surface area contributed by atoms with E-state index in [9.17, 15) is 15.3 Å². The Kier molecular flexibility index (Phi) is 3.96. The molecule has 27 heavy (non-hydrogen) atoms. The average molecular weight is 383 g/mol. The van der Waals surface area contributed by atoms with Crippen LogP contribution in [0.4, 0.5) is 5.69 Å². The number of aryl methyl sites for hydroxylation is 1. The second-order valence-corrected chi connectivity index (χ2v) is 6.77. The summed E-state index contributed by atoms with van der Waals surface area (Å²) >= 11 is 6.34. The number of rotatable bonds is 2. The number of imidazole rings is 1. The predicted octanol–water partition coefficient (Wildman–Crippen LogP) is 3.91. The Bertz CT molecular complexity index is 1130. The largest absolute Gasteiger partial charge is 0.623 e. The number of hydroxylamine groups is 1. The topological polar surface area (TPSA) is 87.0 Å². The van der Waals surface area contributed by atoms with Crippen molar-refractivity contribution in [1.29, 1.82) is 0 Å². The molecule has 0 bridgehead atoms. The molecule has 0 atom stereocenters. The number of nitro benzene ring substituents is 1. The van der Waals surface area contributed by atoms with Crippen molar-refractivity contribution in [3.63, 3.8) is 0 Å². The van der Waals surface area contributed by atoms with Crippen LogP contribution >= 0.6 is 11.6 Å². The molecule has 7 nitrogen and oxygen atoms in total. The van der Waals surface area contributed by atoms with Crippen molar-refractivity contribution in [2.24, 2.45) is 0 Å². The highest BCUT2D eigenvalue weighted by atomic mass is 35.5. The van der Waals surface area contributed by atoms with E-state index in [0.717, 1.165) is 16.1 Å². The van der Waals surface area contributed by atoms with Crippen molar-refractivity contribution in [3.05, 3.63) is 91.1 Å². The molecule has 3 aromatic rings. The molecule has 0 unspecified atom stereocenters. The monoisotopic (exact) mass is 382 g/mol.